The second-order valence-corrected chi connectivity index (χ2v) is 15.0. The molecule has 0 saturated carbocycles. The fourth-order valence-electron chi connectivity index (χ4n) is 8.53. The summed E-state index contributed by atoms with van der Waals surface area (Å²) in [6.07, 6.45) is 6.45. The van der Waals surface area contributed by atoms with E-state index in [1.807, 2.05) is 6.08 Å². The molecule has 0 heterocycles. The summed E-state index contributed by atoms with van der Waals surface area (Å²) < 4.78 is 0. The van der Waals surface area contributed by atoms with E-state index < -0.39 is 0 Å². The molecule has 0 aliphatic rings. The summed E-state index contributed by atoms with van der Waals surface area (Å²) in [5.74, 6) is 0. The highest BCUT2D eigenvalue weighted by atomic mass is 15.1. The van der Waals surface area contributed by atoms with Gasteiger partial charge < -0.3 is 4.90 Å². The van der Waals surface area contributed by atoms with E-state index in [9.17, 15) is 0 Å². The van der Waals surface area contributed by atoms with Crippen LogP contribution in [-0.2, 0) is 0 Å². The van der Waals surface area contributed by atoms with Gasteiger partial charge >= 0.3 is 0 Å². The van der Waals surface area contributed by atoms with Crippen molar-refractivity contribution in [2.45, 2.75) is 0 Å². The summed E-state index contributed by atoms with van der Waals surface area (Å²) >= 11 is 0. The van der Waals surface area contributed by atoms with Crippen LogP contribution in [0.15, 0.2) is 225 Å². The number of rotatable bonds is 9. The number of para-hydroxylation sites is 1. The molecule has 59 heavy (non-hydrogen) atoms. The number of hydrogen-bond acceptors (Lipinski definition) is 1. The van der Waals surface area contributed by atoms with Crippen LogP contribution in [0.1, 0.15) is 16.7 Å². The van der Waals surface area contributed by atoms with E-state index in [0.717, 1.165) is 33.8 Å². The fourth-order valence-corrected chi connectivity index (χ4v) is 8.53. The number of hydrogen-bond donors (Lipinski definition) is 0. The molecule has 0 atom stereocenters. The molecule has 1 nitrogen and oxygen atoms in total. The van der Waals surface area contributed by atoms with Crippen LogP contribution in [0.25, 0.3) is 83.9 Å². The van der Waals surface area contributed by atoms with Crippen molar-refractivity contribution in [2.24, 2.45) is 0 Å². The van der Waals surface area contributed by atoms with Crippen LogP contribution in [-0.4, -0.2) is 0 Å². The minimum Gasteiger partial charge on any atom is -0.310 e. The van der Waals surface area contributed by atoms with Gasteiger partial charge in [0.05, 0.1) is 5.69 Å². The van der Waals surface area contributed by atoms with Gasteiger partial charge in [-0.1, -0.05) is 201 Å². The first kappa shape index (κ1) is 35.7. The Hall–Kier alpha value is -7.74. The van der Waals surface area contributed by atoms with Crippen LogP contribution in [0.2, 0.25) is 0 Å². The molecule has 10 aromatic carbocycles. The lowest BCUT2D eigenvalue weighted by atomic mass is 9.93. The van der Waals surface area contributed by atoms with Gasteiger partial charge in [-0.3, -0.25) is 0 Å². The van der Waals surface area contributed by atoms with E-state index in [0.29, 0.717) is 0 Å². The van der Waals surface area contributed by atoms with E-state index in [1.54, 1.807) is 0 Å². The summed E-state index contributed by atoms with van der Waals surface area (Å²) in [5.41, 5.74) is 13.8. The Balaban J connectivity index is 1.12. The molecule has 0 unspecified atom stereocenters. The summed E-state index contributed by atoms with van der Waals surface area (Å²) in [6.45, 7) is 4.15. The Morgan fingerprint density at radius 1 is 0.339 bits per heavy atom. The molecule has 0 fully saturated rings. The van der Waals surface area contributed by atoms with Crippen molar-refractivity contribution in [1.29, 1.82) is 0 Å². The third-order valence-electron chi connectivity index (χ3n) is 11.4. The molecule has 10 rings (SSSR count). The highest BCUT2D eigenvalue weighted by Crippen LogP contribution is 2.42. The predicted octanol–water partition coefficient (Wildman–Crippen LogP) is 16.4. The highest BCUT2D eigenvalue weighted by Gasteiger charge is 2.18. The molecule has 0 bridgehead atoms. The Morgan fingerprint density at radius 3 is 1.75 bits per heavy atom. The fraction of sp³-hybridized carbons (Fsp3) is 0. The Bertz CT molecular complexity index is 3170. The largest absolute Gasteiger partial charge is 0.310 e. The molecule has 0 amide bonds. The van der Waals surface area contributed by atoms with Crippen molar-refractivity contribution in [3.63, 3.8) is 0 Å². The summed E-state index contributed by atoms with van der Waals surface area (Å²) in [7, 11) is 0. The molecular weight excluding hydrogens is 711 g/mol. The number of benzene rings is 10. The van der Waals surface area contributed by atoms with E-state index in [4.69, 9.17) is 0 Å². The van der Waals surface area contributed by atoms with Crippen LogP contribution in [0, 0.1) is 0 Å². The SMILES string of the molecule is C=Cc1ccc2ccccc2c1/C=C/c1ccccc1N(c1ccc(-c2cccc(-c3ccccc3)c2)cc1)c1cccc(-c2cc3ccccc3c3ccccc23)c1. The second kappa shape index (κ2) is 15.7. The molecule has 0 saturated heterocycles. The Labute approximate surface area is 346 Å². The zero-order valence-corrected chi connectivity index (χ0v) is 32.7. The zero-order valence-electron chi connectivity index (χ0n) is 32.7. The van der Waals surface area contributed by atoms with E-state index in [-0.39, 0.29) is 0 Å². The van der Waals surface area contributed by atoms with Gasteiger partial charge in [0, 0.05) is 11.4 Å². The lowest BCUT2D eigenvalue weighted by Gasteiger charge is -2.28. The molecular formula is C58H41N. The minimum atomic E-state index is 1.08. The average Bonchev–Trinajstić information content (AvgIpc) is 3.31. The van der Waals surface area contributed by atoms with Gasteiger partial charge in [-0.2, -0.15) is 0 Å². The molecule has 0 aliphatic carbocycles. The second-order valence-electron chi connectivity index (χ2n) is 15.0. The molecule has 0 N–H and O–H groups in total. The van der Waals surface area contributed by atoms with E-state index >= 15 is 0 Å². The summed E-state index contributed by atoms with van der Waals surface area (Å²) in [5, 5.41) is 7.42. The first-order chi connectivity index (χ1) is 29.2. The summed E-state index contributed by atoms with van der Waals surface area (Å²) in [4.78, 5) is 2.40. The molecule has 0 spiro atoms. The van der Waals surface area contributed by atoms with Crippen molar-refractivity contribution >= 4 is 67.6 Å². The first-order valence-corrected chi connectivity index (χ1v) is 20.2. The van der Waals surface area contributed by atoms with Gasteiger partial charge in [-0.05, 0) is 125 Å². The Kier molecular flexibility index (Phi) is 9.46. The van der Waals surface area contributed by atoms with Crippen LogP contribution in [0.4, 0.5) is 17.1 Å². The van der Waals surface area contributed by atoms with Gasteiger partial charge in [-0.15, -0.1) is 0 Å². The zero-order chi connectivity index (χ0) is 39.5. The summed E-state index contributed by atoms with van der Waals surface area (Å²) in [6, 6.07) is 78.8. The molecule has 1 heteroatoms. The van der Waals surface area contributed by atoms with Gasteiger partial charge in [0.25, 0.3) is 0 Å². The van der Waals surface area contributed by atoms with Crippen molar-refractivity contribution in [3.05, 3.63) is 242 Å². The maximum Gasteiger partial charge on any atom is 0.0533 e. The van der Waals surface area contributed by atoms with Crippen LogP contribution in [0.3, 0.4) is 0 Å². The third kappa shape index (κ3) is 6.90. The van der Waals surface area contributed by atoms with Crippen molar-refractivity contribution in [3.8, 4) is 33.4 Å². The number of nitrogens with zero attached hydrogens (tertiary/aromatic N) is 1. The van der Waals surface area contributed by atoms with E-state index in [2.05, 4.69) is 242 Å². The molecule has 10 aromatic rings. The predicted molar refractivity (Wildman–Crippen MR) is 255 cm³/mol. The van der Waals surface area contributed by atoms with Crippen LogP contribution in [0.5, 0.6) is 0 Å². The van der Waals surface area contributed by atoms with Gasteiger partial charge in [0.1, 0.15) is 0 Å². The van der Waals surface area contributed by atoms with Gasteiger partial charge in [0.15, 0.2) is 0 Å². The van der Waals surface area contributed by atoms with Gasteiger partial charge in [0.2, 0.25) is 0 Å². The maximum atomic E-state index is 4.15. The topological polar surface area (TPSA) is 3.24 Å². The normalized spacial score (nSPS) is 11.4. The average molecular weight is 752 g/mol. The van der Waals surface area contributed by atoms with Crippen molar-refractivity contribution in [1.82, 2.24) is 0 Å². The van der Waals surface area contributed by atoms with E-state index in [1.165, 1.54) is 65.7 Å². The first-order valence-electron chi connectivity index (χ1n) is 20.2. The van der Waals surface area contributed by atoms with Crippen molar-refractivity contribution in [2.75, 3.05) is 4.90 Å². The minimum absolute atomic E-state index is 1.08. The quantitative estimate of drug-likeness (QED) is 0.105. The molecule has 0 aromatic heterocycles. The lowest BCUT2D eigenvalue weighted by molar-refractivity contribution is 1.28. The monoisotopic (exact) mass is 751 g/mol. The highest BCUT2D eigenvalue weighted by molar-refractivity contribution is 6.14. The molecule has 278 valence electrons. The lowest BCUT2D eigenvalue weighted by Crippen LogP contribution is -2.11. The Morgan fingerprint density at radius 2 is 0.949 bits per heavy atom. The number of anilines is 3. The third-order valence-corrected chi connectivity index (χ3v) is 11.4. The standard InChI is InChI=1S/C58H41N/c1-2-41-30-31-44-18-6-9-25-52(44)54(41)37-34-45-19-8-13-29-58(45)59(50-35-32-43(33-36-50)47-22-14-21-46(38-47)42-16-4-3-5-17-42)51-24-15-23-48(39-51)57-40-49-20-7-10-26-53(49)55-27-11-12-28-56(55)57/h2-40H,1H2/b37-34+. The maximum absolute atomic E-state index is 4.15. The van der Waals surface area contributed by atoms with Crippen LogP contribution >= 0.6 is 0 Å². The van der Waals surface area contributed by atoms with Crippen LogP contribution < -0.4 is 4.90 Å². The molecule has 0 aliphatic heterocycles. The molecule has 0 radical (unpaired) electrons. The van der Waals surface area contributed by atoms with Gasteiger partial charge in [-0.25, -0.2) is 0 Å². The van der Waals surface area contributed by atoms with Crippen molar-refractivity contribution < 1.29 is 0 Å². The smallest absolute Gasteiger partial charge is 0.0533 e. The number of fused-ring (bicyclic) bond motifs is 4.